The predicted octanol–water partition coefficient (Wildman–Crippen LogP) is 2.81. The molecular formula is C16H21N3O3. The number of nitrogens with zero attached hydrogens (tertiary/aromatic N) is 2. The van der Waals surface area contributed by atoms with E-state index in [9.17, 15) is 0 Å². The standard InChI is InChI=1S/C16H21N3O3/c1-5-22-16-18-11(2)8-15(19-16)17-10-12-6-7-13(20-3)9-14(12)21-4/h6-9H,5,10H2,1-4H3,(H,17,18,19). The Morgan fingerprint density at radius 1 is 1.09 bits per heavy atom. The summed E-state index contributed by atoms with van der Waals surface area (Å²) in [6.07, 6.45) is 0. The van der Waals surface area contributed by atoms with E-state index in [1.165, 1.54) is 0 Å². The summed E-state index contributed by atoms with van der Waals surface area (Å²) in [5, 5.41) is 3.26. The number of anilines is 1. The first-order valence-corrected chi connectivity index (χ1v) is 7.09. The van der Waals surface area contributed by atoms with Crippen LogP contribution in [0.25, 0.3) is 0 Å². The minimum Gasteiger partial charge on any atom is -0.497 e. The van der Waals surface area contributed by atoms with Crippen LogP contribution in [0.15, 0.2) is 24.3 Å². The second-order valence-corrected chi connectivity index (χ2v) is 4.64. The van der Waals surface area contributed by atoms with Gasteiger partial charge in [-0.1, -0.05) is 0 Å². The molecule has 0 fully saturated rings. The number of aryl methyl sites for hydroxylation is 1. The quantitative estimate of drug-likeness (QED) is 0.848. The fourth-order valence-corrected chi connectivity index (χ4v) is 2.01. The van der Waals surface area contributed by atoms with E-state index in [1.54, 1.807) is 14.2 Å². The molecule has 0 aliphatic heterocycles. The van der Waals surface area contributed by atoms with Crippen molar-refractivity contribution in [2.45, 2.75) is 20.4 Å². The number of hydrogen-bond donors (Lipinski definition) is 1. The second-order valence-electron chi connectivity index (χ2n) is 4.64. The first kappa shape index (κ1) is 15.9. The zero-order valence-electron chi connectivity index (χ0n) is 13.3. The minimum atomic E-state index is 0.381. The molecule has 0 saturated heterocycles. The van der Waals surface area contributed by atoms with Crippen LogP contribution in [0.5, 0.6) is 17.5 Å². The number of rotatable bonds is 7. The summed E-state index contributed by atoms with van der Waals surface area (Å²) in [6, 6.07) is 7.97. The van der Waals surface area contributed by atoms with E-state index in [0.29, 0.717) is 25.0 Å². The van der Waals surface area contributed by atoms with Crippen molar-refractivity contribution in [3.05, 3.63) is 35.5 Å². The van der Waals surface area contributed by atoms with Crippen molar-refractivity contribution in [2.75, 3.05) is 26.1 Å². The molecule has 22 heavy (non-hydrogen) atoms. The van der Waals surface area contributed by atoms with Gasteiger partial charge in [-0.3, -0.25) is 0 Å². The van der Waals surface area contributed by atoms with Gasteiger partial charge < -0.3 is 19.5 Å². The lowest BCUT2D eigenvalue weighted by molar-refractivity contribution is 0.312. The van der Waals surface area contributed by atoms with Crippen LogP contribution in [0.3, 0.4) is 0 Å². The van der Waals surface area contributed by atoms with E-state index < -0.39 is 0 Å². The van der Waals surface area contributed by atoms with Crippen molar-refractivity contribution < 1.29 is 14.2 Å². The second kappa shape index (κ2) is 7.49. The summed E-state index contributed by atoms with van der Waals surface area (Å²) >= 11 is 0. The zero-order valence-corrected chi connectivity index (χ0v) is 13.3. The van der Waals surface area contributed by atoms with Gasteiger partial charge in [0, 0.05) is 29.9 Å². The Morgan fingerprint density at radius 3 is 2.59 bits per heavy atom. The lowest BCUT2D eigenvalue weighted by Crippen LogP contribution is -2.06. The average molecular weight is 303 g/mol. The van der Waals surface area contributed by atoms with Crippen molar-refractivity contribution in [3.63, 3.8) is 0 Å². The first-order valence-electron chi connectivity index (χ1n) is 7.09. The van der Waals surface area contributed by atoms with Crippen LogP contribution >= 0.6 is 0 Å². The van der Waals surface area contributed by atoms with Gasteiger partial charge in [0.2, 0.25) is 0 Å². The molecule has 0 aliphatic rings. The lowest BCUT2D eigenvalue weighted by Gasteiger charge is -2.12. The van der Waals surface area contributed by atoms with Crippen molar-refractivity contribution in [3.8, 4) is 17.5 Å². The van der Waals surface area contributed by atoms with Crippen molar-refractivity contribution in [1.82, 2.24) is 9.97 Å². The summed E-state index contributed by atoms with van der Waals surface area (Å²) in [7, 11) is 3.27. The fraction of sp³-hybridized carbons (Fsp3) is 0.375. The van der Waals surface area contributed by atoms with E-state index in [2.05, 4.69) is 15.3 Å². The third-order valence-corrected chi connectivity index (χ3v) is 3.06. The molecule has 118 valence electrons. The highest BCUT2D eigenvalue weighted by Gasteiger charge is 2.07. The Bertz CT molecular complexity index is 632. The Kier molecular flexibility index (Phi) is 5.41. The molecule has 0 atom stereocenters. The van der Waals surface area contributed by atoms with Crippen LogP contribution in [0, 0.1) is 6.92 Å². The van der Waals surface area contributed by atoms with Gasteiger partial charge in [-0.15, -0.1) is 0 Å². The highest BCUT2D eigenvalue weighted by Crippen LogP contribution is 2.25. The highest BCUT2D eigenvalue weighted by molar-refractivity contribution is 5.44. The molecule has 1 N–H and O–H groups in total. The van der Waals surface area contributed by atoms with Gasteiger partial charge in [0.15, 0.2) is 0 Å². The maximum Gasteiger partial charge on any atom is 0.318 e. The molecule has 1 aromatic heterocycles. The summed E-state index contributed by atoms with van der Waals surface area (Å²) < 4.78 is 15.9. The van der Waals surface area contributed by atoms with Crippen LogP contribution in [0.1, 0.15) is 18.2 Å². The van der Waals surface area contributed by atoms with Crippen LogP contribution in [0.2, 0.25) is 0 Å². The third kappa shape index (κ3) is 4.00. The maximum absolute atomic E-state index is 5.38. The predicted molar refractivity (Wildman–Crippen MR) is 84.8 cm³/mol. The van der Waals surface area contributed by atoms with Crippen molar-refractivity contribution >= 4 is 5.82 Å². The van der Waals surface area contributed by atoms with Gasteiger partial charge in [-0.05, 0) is 26.0 Å². The van der Waals surface area contributed by atoms with Gasteiger partial charge in [0.05, 0.1) is 20.8 Å². The molecule has 6 nitrogen and oxygen atoms in total. The van der Waals surface area contributed by atoms with Gasteiger partial charge in [-0.25, -0.2) is 4.98 Å². The van der Waals surface area contributed by atoms with Gasteiger partial charge >= 0.3 is 6.01 Å². The molecule has 0 amide bonds. The summed E-state index contributed by atoms with van der Waals surface area (Å²) in [4.78, 5) is 8.54. The number of hydrogen-bond acceptors (Lipinski definition) is 6. The highest BCUT2D eigenvalue weighted by atomic mass is 16.5. The van der Waals surface area contributed by atoms with E-state index in [-0.39, 0.29) is 0 Å². The Labute approximate surface area is 130 Å². The first-order chi connectivity index (χ1) is 10.7. The molecule has 0 unspecified atom stereocenters. The Balaban J connectivity index is 2.12. The normalized spacial score (nSPS) is 10.2. The largest absolute Gasteiger partial charge is 0.497 e. The van der Waals surface area contributed by atoms with Crippen molar-refractivity contribution in [1.29, 1.82) is 0 Å². The molecule has 0 saturated carbocycles. The smallest absolute Gasteiger partial charge is 0.318 e. The zero-order chi connectivity index (χ0) is 15.9. The van der Waals surface area contributed by atoms with E-state index in [4.69, 9.17) is 14.2 Å². The van der Waals surface area contributed by atoms with Gasteiger partial charge in [0.25, 0.3) is 0 Å². The minimum absolute atomic E-state index is 0.381. The maximum atomic E-state index is 5.38. The molecule has 1 aromatic carbocycles. The van der Waals surface area contributed by atoms with Crippen molar-refractivity contribution in [2.24, 2.45) is 0 Å². The van der Waals surface area contributed by atoms with Crippen LogP contribution < -0.4 is 19.5 Å². The van der Waals surface area contributed by atoms with Crippen LogP contribution in [0.4, 0.5) is 5.82 Å². The van der Waals surface area contributed by atoms with E-state index in [1.807, 2.05) is 38.1 Å². The van der Waals surface area contributed by atoms with Crippen LogP contribution in [-0.4, -0.2) is 30.8 Å². The third-order valence-electron chi connectivity index (χ3n) is 3.06. The van der Waals surface area contributed by atoms with Gasteiger partial charge in [0.1, 0.15) is 17.3 Å². The number of ether oxygens (including phenoxy) is 3. The van der Waals surface area contributed by atoms with Gasteiger partial charge in [-0.2, -0.15) is 4.98 Å². The molecule has 6 heteroatoms. The molecule has 0 aliphatic carbocycles. The topological polar surface area (TPSA) is 65.5 Å². The van der Waals surface area contributed by atoms with E-state index >= 15 is 0 Å². The SMILES string of the molecule is CCOc1nc(C)cc(NCc2ccc(OC)cc2OC)n1. The Morgan fingerprint density at radius 2 is 1.91 bits per heavy atom. The molecule has 0 spiro atoms. The molecule has 0 bridgehead atoms. The molecule has 2 aromatic rings. The molecule has 1 heterocycles. The molecular weight excluding hydrogens is 282 g/mol. The summed E-state index contributed by atoms with van der Waals surface area (Å²) in [5.74, 6) is 2.24. The summed E-state index contributed by atoms with van der Waals surface area (Å²) in [6.45, 7) is 4.93. The summed E-state index contributed by atoms with van der Waals surface area (Å²) in [5.41, 5.74) is 1.86. The Hall–Kier alpha value is -2.50. The monoisotopic (exact) mass is 303 g/mol. The molecule has 2 rings (SSSR count). The fourth-order valence-electron chi connectivity index (χ4n) is 2.01. The van der Waals surface area contributed by atoms with E-state index in [0.717, 1.165) is 22.8 Å². The van der Waals surface area contributed by atoms with Crippen LogP contribution in [-0.2, 0) is 6.54 Å². The number of nitrogens with one attached hydrogen (secondary N) is 1. The average Bonchev–Trinajstić information content (AvgIpc) is 2.52. The lowest BCUT2D eigenvalue weighted by atomic mass is 10.2. The molecule has 0 radical (unpaired) electrons. The number of aromatic nitrogens is 2. The number of benzene rings is 1. The number of methoxy groups -OCH3 is 2.